The summed E-state index contributed by atoms with van der Waals surface area (Å²) >= 11 is 0. The van der Waals surface area contributed by atoms with Gasteiger partial charge in [-0.2, -0.15) is 0 Å². The molecule has 1 aromatic carbocycles. The van der Waals surface area contributed by atoms with E-state index in [9.17, 15) is 13.2 Å². The fourth-order valence-electron chi connectivity index (χ4n) is 1.01. The van der Waals surface area contributed by atoms with Gasteiger partial charge in [0.25, 0.3) is 15.0 Å². The molecule has 0 unspecified atom stereocenters. The predicted octanol–water partition coefficient (Wildman–Crippen LogP) is 1.43. The third-order valence-corrected chi connectivity index (χ3v) is 3.07. The molecule has 0 saturated heterocycles. The molecule has 0 fully saturated rings. The topological polar surface area (TPSA) is 55.6 Å². The van der Waals surface area contributed by atoms with Gasteiger partial charge in [-0.05, 0) is 6.92 Å². The van der Waals surface area contributed by atoms with Crippen molar-refractivity contribution in [2.45, 2.75) is 6.92 Å². The van der Waals surface area contributed by atoms with Gasteiger partial charge in [0.2, 0.25) is 0 Å². The van der Waals surface area contributed by atoms with Crippen LogP contribution in [0.2, 0.25) is 0 Å². The van der Waals surface area contributed by atoms with Gasteiger partial charge in [-0.3, -0.25) is 9.64 Å². The number of carbonyl (C=O) groups is 1. The van der Waals surface area contributed by atoms with Crippen molar-refractivity contribution in [1.82, 2.24) is 0 Å². The maximum absolute atomic E-state index is 11.4. The number of hydrogen-bond acceptors (Lipinski definition) is 3. The quantitative estimate of drug-likeness (QED) is 0.712. The van der Waals surface area contributed by atoms with Crippen LogP contribution < -0.4 is 0 Å². The van der Waals surface area contributed by atoms with Gasteiger partial charge in [0.05, 0.1) is 0 Å². The minimum atomic E-state index is -3.97. The molecule has 4 nitrogen and oxygen atoms in total. The highest BCUT2D eigenvalue weighted by molar-refractivity contribution is 8.06. The van der Waals surface area contributed by atoms with E-state index in [-0.39, 0.29) is 5.56 Å². The number of benzene rings is 1. The number of carbonyl (C=O) groups excluding carboxylic acids is 1. The molecule has 0 atom stereocenters. The van der Waals surface area contributed by atoms with Crippen LogP contribution >= 0.6 is 0 Å². The summed E-state index contributed by atoms with van der Waals surface area (Å²) in [6.07, 6.45) is 0. The zero-order chi connectivity index (χ0) is 11.5. The summed E-state index contributed by atoms with van der Waals surface area (Å²) < 4.78 is 22.5. The van der Waals surface area contributed by atoms with Gasteiger partial charge >= 0.3 is 5.88 Å². The zero-order valence-electron chi connectivity index (χ0n) is 8.10. The van der Waals surface area contributed by atoms with E-state index in [0.717, 1.165) is 5.56 Å². The number of aryl methyl sites for hydroxylation is 1. The Labute approximate surface area is 88.3 Å². The Morgan fingerprint density at radius 3 is 2.33 bits per heavy atom. The van der Waals surface area contributed by atoms with E-state index in [1.807, 2.05) is 6.92 Å². The maximum atomic E-state index is 11.4. The van der Waals surface area contributed by atoms with E-state index in [4.69, 9.17) is 6.57 Å². The molecule has 0 radical (unpaired) electrons. The fraction of sp³-hybridized carbons (Fsp3) is 0.200. The highest BCUT2D eigenvalue weighted by Crippen LogP contribution is 2.08. The Hall–Kier alpha value is -1.67. The predicted molar refractivity (Wildman–Crippen MR) is 55.9 cm³/mol. The maximum Gasteiger partial charge on any atom is 0.319 e. The molecule has 0 heterocycles. The lowest BCUT2D eigenvalue weighted by atomic mass is 10.2. The van der Waals surface area contributed by atoms with Crippen LogP contribution in [0.4, 0.5) is 0 Å². The molecule has 0 amide bonds. The van der Waals surface area contributed by atoms with Crippen molar-refractivity contribution in [2.75, 3.05) is 5.88 Å². The first kappa shape index (κ1) is 11.4. The van der Waals surface area contributed by atoms with Gasteiger partial charge in [0, 0.05) is 5.56 Å². The van der Waals surface area contributed by atoms with Crippen molar-refractivity contribution in [3.8, 4) is 0 Å². The Bertz CT molecular complexity index is 509. The van der Waals surface area contributed by atoms with Crippen LogP contribution in [0.3, 0.4) is 0 Å². The molecule has 0 bridgehead atoms. The molecule has 0 spiro atoms. The van der Waals surface area contributed by atoms with Gasteiger partial charge < -0.3 is 0 Å². The van der Waals surface area contributed by atoms with E-state index in [1.54, 1.807) is 12.1 Å². The van der Waals surface area contributed by atoms with E-state index in [0.29, 0.717) is 0 Å². The van der Waals surface area contributed by atoms with Gasteiger partial charge in [0.1, 0.15) is 0 Å². The average molecular weight is 223 g/mol. The van der Waals surface area contributed by atoms with Crippen LogP contribution in [0.15, 0.2) is 24.3 Å². The first-order valence-electron chi connectivity index (χ1n) is 4.14. The van der Waals surface area contributed by atoms with Gasteiger partial charge in [-0.15, -0.1) is 0 Å². The van der Waals surface area contributed by atoms with Crippen LogP contribution in [0.5, 0.6) is 0 Å². The average Bonchev–Trinajstić information content (AvgIpc) is 2.18. The normalized spacial score (nSPS) is 10.7. The smallest absolute Gasteiger partial charge is 0.299 e. The fourth-order valence-corrected chi connectivity index (χ4v) is 1.80. The number of nitrogens with zero attached hydrogens (tertiary/aromatic N) is 1. The van der Waals surface area contributed by atoms with E-state index in [2.05, 4.69) is 4.85 Å². The van der Waals surface area contributed by atoms with Gasteiger partial charge in [-0.25, -0.2) is 15.0 Å². The summed E-state index contributed by atoms with van der Waals surface area (Å²) in [6.45, 7) is 8.28. The Morgan fingerprint density at radius 2 is 1.87 bits per heavy atom. The standard InChI is InChI=1S/C10H9NO3S/c1-8-3-5-9(6-4-8)10(12)15(13,14)7-11-2/h3-6H,7H2,1H3. The van der Waals surface area contributed by atoms with Crippen LogP contribution in [0.25, 0.3) is 4.85 Å². The first-order chi connectivity index (χ1) is 6.97. The monoisotopic (exact) mass is 223 g/mol. The number of hydrogen-bond donors (Lipinski definition) is 0. The molecule has 1 aromatic rings. The number of rotatable bonds is 2. The van der Waals surface area contributed by atoms with Gasteiger partial charge in [-0.1, -0.05) is 29.8 Å². The molecule has 15 heavy (non-hydrogen) atoms. The van der Waals surface area contributed by atoms with Crippen molar-refractivity contribution < 1.29 is 13.2 Å². The van der Waals surface area contributed by atoms with Crippen molar-refractivity contribution in [2.24, 2.45) is 0 Å². The number of sulfone groups is 1. The Balaban J connectivity index is 3.07. The molecule has 0 saturated carbocycles. The highest BCUT2D eigenvalue weighted by Gasteiger charge is 2.26. The molecule has 1 rings (SSSR count). The molecular weight excluding hydrogens is 214 g/mol. The third-order valence-electron chi connectivity index (χ3n) is 1.80. The minimum Gasteiger partial charge on any atom is -0.299 e. The van der Waals surface area contributed by atoms with Crippen LogP contribution in [-0.4, -0.2) is 19.4 Å². The second-order valence-corrected chi connectivity index (χ2v) is 4.91. The Kier molecular flexibility index (Phi) is 3.22. The molecule has 0 aliphatic rings. The molecular formula is C10H9NO3S. The molecule has 0 aliphatic heterocycles. The van der Waals surface area contributed by atoms with Gasteiger partial charge in [0.15, 0.2) is 0 Å². The zero-order valence-corrected chi connectivity index (χ0v) is 8.91. The molecule has 0 aliphatic carbocycles. The largest absolute Gasteiger partial charge is 0.319 e. The van der Waals surface area contributed by atoms with E-state index < -0.39 is 20.8 Å². The Morgan fingerprint density at radius 1 is 1.33 bits per heavy atom. The summed E-state index contributed by atoms with van der Waals surface area (Å²) in [5, 5.41) is -0.988. The second-order valence-electron chi connectivity index (χ2n) is 3.06. The summed E-state index contributed by atoms with van der Waals surface area (Å²) in [5.41, 5.74) is 1.04. The molecule has 78 valence electrons. The molecule has 0 N–H and O–H groups in total. The van der Waals surface area contributed by atoms with Crippen molar-refractivity contribution >= 4 is 15.0 Å². The lowest BCUT2D eigenvalue weighted by molar-refractivity contribution is 0.107. The van der Waals surface area contributed by atoms with Crippen LogP contribution in [0, 0.1) is 13.5 Å². The van der Waals surface area contributed by atoms with Crippen molar-refractivity contribution in [3.05, 3.63) is 46.8 Å². The summed E-state index contributed by atoms with van der Waals surface area (Å²) in [4.78, 5) is 14.1. The first-order valence-corrected chi connectivity index (χ1v) is 5.79. The molecule has 5 heteroatoms. The lowest BCUT2D eigenvalue weighted by Gasteiger charge is -1.98. The molecule has 0 aromatic heterocycles. The second kappa shape index (κ2) is 4.24. The van der Waals surface area contributed by atoms with Crippen molar-refractivity contribution in [3.63, 3.8) is 0 Å². The van der Waals surface area contributed by atoms with E-state index >= 15 is 0 Å². The minimum absolute atomic E-state index is 0.101. The van der Waals surface area contributed by atoms with Crippen molar-refractivity contribution in [1.29, 1.82) is 0 Å². The SMILES string of the molecule is [C-]#[N+]CS(=O)(=O)C(=O)c1ccc(C)cc1. The van der Waals surface area contributed by atoms with E-state index in [1.165, 1.54) is 12.1 Å². The summed E-state index contributed by atoms with van der Waals surface area (Å²) in [6, 6.07) is 6.19. The summed E-state index contributed by atoms with van der Waals surface area (Å²) in [7, 11) is -3.97. The third kappa shape index (κ3) is 2.64. The van der Waals surface area contributed by atoms with Crippen LogP contribution in [-0.2, 0) is 9.84 Å². The highest BCUT2D eigenvalue weighted by atomic mass is 32.2. The lowest BCUT2D eigenvalue weighted by Crippen LogP contribution is -2.16. The van der Waals surface area contributed by atoms with Crippen LogP contribution in [0.1, 0.15) is 15.9 Å². The summed E-state index contributed by atoms with van der Waals surface area (Å²) in [5.74, 6) is -0.792.